The second-order valence-corrected chi connectivity index (χ2v) is 7.29. The number of carbonyl (C=O) groups is 1. The molecule has 4 nitrogen and oxygen atoms in total. The van der Waals surface area contributed by atoms with Gasteiger partial charge in [0.25, 0.3) is 5.89 Å². The van der Waals surface area contributed by atoms with Gasteiger partial charge in [-0.2, -0.15) is 0 Å². The molecule has 0 saturated heterocycles. The summed E-state index contributed by atoms with van der Waals surface area (Å²) < 4.78 is 5.08. The lowest BCUT2D eigenvalue weighted by atomic mass is 9.78. The van der Waals surface area contributed by atoms with Crippen molar-refractivity contribution < 1.29 is 9.21 Å². The van der Waals surface area contributed by atoms with Gasteiger partial charge in [-0.3, -0.25) is 9.78 Å². The molecule has 0 N–H and O–H groups in total. The molecule has 0 amide bonds. The van der Waals surface area contributed by atoms with Crippen LogP contribution in [-0.2, 0) is 10.8 Å². The smallest absolute Gasteiger partial charge is 0.268 e. The van der Waals surface area contributed by atoms with Crippen molar-refractivity contribution in [2.24, 2.45) is 0 Å². The van der Waals surface area contributed by atoms with E-state index in [2.05, 4.69) is 51.5 Å². The molecule has 0 aliphatic rings. The van der Waals surface area contributed by atoms with E-state index in [-0.39, 0.29) is 22.5 Å². The molecule has 0 aliphatic carbocycles. The Labute approximate surface area is 125 Å². The zero-order valence-electron chi connectivity index (χ0n) is 13.5. The number of hydrogen-bond acceptors (Lipinski definition) is 4. The van der Waals surface area contributed by atoms with Crippen LogP contribution in [0.5, 0.6) is 0 Å². The topological polar surface area (TPSA) is 56.0 Å². The van der Waals surface area contributed by atoms with E-state index in [1.807, 2.05) is 6.07 Å². The van der Waals surface area contributed by atoms with Crippen LogP contribution in [-0.4, -0.2) is 15.8 Å². The molecule has 0 saturated carbocycles. The van der Waals surface area contributed by atoms with Crippen LogP contribution in [0.2, 0.25) is 0 Å². The van der Waals surface area contributed by atoms with Crippen LogP contribution in [0.1, 0.15) is 69.0 Å². The Hall–Kier alpha value is -1.97. The molecule has 2 aromatic heterocycles. The molecule has 0 fully saturated rings. The average molecular weight is 286 g/mol. The maximum atomic E-state index is 12.4. The van der Waals surface area contributed by atoms with E-state index in [9.17, 15) is 4.79 Å². The first-order valence-electron chi connectivity index (χ1n) is 7.06. The van der Waals surface area contributed by atoms with Crippen molar-refractivity contribution in [3.8, 4) is 0 Å². The third-order valence-corrected chi connectivity index (χ3v) is 3.29. The molecule has 0 bridgehead atoms. The van der Waals surface area contributed by atoms with Crippen molar-refractivity contribution in [3.05, 3.63) is 47.4 Å². The Bertz CT molecular complexity index is 644. The van der Waals surface area contributed by atoms with Gasteiger partial charge in [0.1, 0.15) is 6.26 Å². The van der Waals surface area contributed by atoms with E-state index in [1.54, 1.807) is 6.20 Å². The van der Waals surface area contributed by atoms with Crippen LogP contribution in [0.3, 0.4) is 0 Å². The second-order valence-electron chi connectivity index (χ2n) is 7.29. The zero-order chi connectivity index (χ0) is 15.8. The number of ketones is 1. The molecule has 2 rings (SSSR count). The quantitative estimate of drug-likeness (QED) is 0.786. The summed E-state index contributed by atoms with van der Waals surface area (Å²) in [5, 5.41) is 0. The number of carbonyl (C=O) groups excluding carboxylic acids is 1. The van der Waals surface area contributed by atoms with Crippen molar-refractivity contribution in [3.63, 3.8) is 0 Å². The fourth-order valence-electron chi connectivity index (χ4n) is 2.22. The van der Waals surface area contributed by atoms with Crippen molar-refractivity contribution in [2.45, 2.75) is 52.4 Å². The van der Waals surface area contributed by atoms with Gasteiger partial charge in [0, 0.05) is 22.9 Å². The Kier molecular flexibility index (Phi) is 3.74. The Morgan fingerprint density at radius 3 is 2.19 bits per heavy atom. The molecule has 0 aliphatic heterocycles. The highest BCUT2D eigenvalue weighted by atomic mass is 16.3. The van der Waals surface area contributed by atoms with Gasteiger partial charge in [0.05, 0.1) is 6.20 Å². The molecule has 2 aromatic rings. The Balaban J connectivity index is 2.55. The normalized spacial score (nSPS) is 12.5. The van der Waals surface area contributed by atoms with Crippen LogP contribution in [0, 0.1) is 0 Å². The van der Waals surface area contributed by atoms with Crippen LogP contribution in [0.15, 0.2) is 29.1 Å². The van der Waals surface area contributed by atoms with Crippen LogP contribution in [0.25, 0.3) is 0 Å². The van der Waals surface area contributed by atoms with Crippen molar-refractivity contribution in [2.75, 3.05) is 0 Å². The largest absolute Gasteiger partial charge is 0.442 e. The highest BCUT2D eigenvalue weighted by Gasteiger charge is 2.28. The third-order valence-electron chi connectivity index (χ3n) is 3.29. The molecule has 0 unspecified atom stereocenters. The monoisotopic (exact) mass is 286 g/mol. The molecule has 0 spiro atoms. The number of oxazole rings is 1. The van der Waals surface area contributed by atoms with Gasteiger partial charge < -0.3 is 4.42 Å². The van der Waals surface area contributed by atoms with Crippen molar-refractivity contribution >= 4 is 5.78 Å². The minimum atomic E-state index is -0.238. The Morgan fingerprint density at radius 1 is 1.05 bits per heavy atom. The maximum absolute atomic E-state index is 12.4. The van der Waals surface area contributed by atoms with Gasteiger partial charge in [-0.05, 0) is 17.0 Å². The van der Waals surface area contributed by atoms with Crippen molar-refractivity contribution in [1.29, 1.82) is 0 Å². The van der Waals surface area contributed by atoms with Gasteiger partial charge in [-0.15, -0.1) is 0 Å². The fraction of sp³-hybridized carbons (Fsp3) is 0.471. The van der Waals surface area contributed by atoms with Crippen LogP contribution >= 0.6 is 0 Å². The standard InChI is InChI=1S/C17H22N2O2/c1-16(2,3)12-9-11(10-19-14(12)17(4,5)6)13(20)15-18-7-8-21-15/h7-10H,1-6H3. The summed E-state index contributed by atoms with van der Waals surface area (Å²) in [6.07, 6.45) is 4.48. The molecular formula is C17H22N2O2. The SMILES string of the molecule is CC(C)(C)c1cc(C(=O)c2ncco2)cnc1C(C)(C)C. The molecule has 2 heterocycles. The predicted molar refractivity (Wildman–Crippen MR) is 81.6 cm³/mol. The summed E-state index contributed by atoms with van der Waals surface area (Å²) in [5.74, 6) is -0.140. The van der Waals surface area contributed by atoms with E-state index in [4.69, 9.17) is 4.42 Å². The summed E-state index contributed by atoms with van der Waals surface area (Å²) in [7, 11) is 0. The first-order valence-corrected chi connectivity index (χ1v) is 7.06. The summed E-state index contributed by atoms with van der Waals surface area (Å²) in [4.78, 5) is 20.8. The molecule has 21 heavy (non-hydrogen) atoms. The number of rotatable bonds is 2. The first kappa shape index (κ1) is 15.4. The molecule has 0 atom stereocenters. The maximum Gasteiger partial charge on any atom is 0.268 e. The van der Waals surface area contributed by atoms with Crippen LogP contribution < -0.4 is 0 Å². The van der Waals surface area contributed by atoms with Gasteiger partial charge in [-0.1, -0.05) is 41.5 Å². The molecular weight excluding hydrogens is 264 g/mol. The summed E-state index contributed by atoms with van der Waals surface area (Å²) in [5.41, 5.74) is 2.43. The lowest BCUT2D eigenvalue weighted by molar-refractivity contribution is 0.100. The van der Waals surface area contributed by atoms with E-state index >= 15 is 0 Å². The number of aromatic nitrogens is 2. The molecule has 4 heteroatoms. The minimum absolute atomic E-state index is 0.0763. The third kappa shape index (κ3) is 3.20. The van der Waals surface area contributed by atoms with Gasteiger partial charge in [0.15, 0.2) is 0 Å². The summed E-state index contributed by atoms with van der Waals surface area (Å²) in [6.45, 7) is 12.7. The minimum Gasteiger partial charge on any atom is -0.442 e. The van der Waals surface area contributed by atoms with E-state index in [0.717, 1.165) is 11.3 Å². The first-order chi connectivity index (χ1) is 9.60. The Morgan fingerprint density at radius 2 is 1.71 bits per heavy atom. The lowest BCUT2D eigenvalue weighted by Gasteiger charge is -2.29. The van der Waals surface area contributed by atoms with Crippen molar-refractivity contribution in [1.82, 2.24) is 9.97 Å². The predicted octanol–water partition coefficient (Wildman–Crippen LogP) is 3.90. The number of nitrogens with zero attached hydrogens (tertiary/aromatic N) is 2. The highest BCUT2D eigenvalue weighted by molar-refractivity contribution is 6.05. The number of pyridine rings is 1. The zero-order valence-corrected chi connectivity index (χ0v) is 13.5. The molecule has 0 aromatic carbocycles. The molecule has 112 valence electrons. The van der Waals surface area contributed by atoms with Gasteiger partial charge >= 0.3 is 0 Å². The molecule has 0 radical (unpaired) electrons. The fourth-order valence-corrected chi connectivity index (χ4v) is 2.22. The lowest BCUT2D eigenvalue weighted by Crippen LogP contribution is -2.24. The van der Waals surface area contributed by atoms with E-state index < -0.39 is 0 Å². The average Bonchev–Trinajstić information content (AvgIpc) is 2.89. The number of hydrogen-bond donors (Lipinski definition) is 0. The summed E-state index contributed by atoms with van der Waals surface area (Å²) in [6, 6.07) is 1.92. The van der Waals surface area contributed by atoms with Crippen LogP contribution in [0.4, 0.5) is 0 Å². The van der Waals surface area contributed by atoms with Gasteiger partial charge in [0.2, 0.25) is 5.78 Å². The van der Waals surface area contributed by atoms with E-state index in [0.29, 0.717) is 5.56 Å². The van der Waals surface area contributed by atoms with E-state index in [1.165, 1.54) is 12.5 Å². The summed E-state index contributed by atoms with van der Waals surface area (Å²) >= 11 is 0. The van der Waals surface area contributed by atoms with Gasteiger partial charge in [-0.25, -0.2) is 4.98 Å². The second kappa shape index (κ2) is 5.10. The highest BCUT2D eigenvalue weighted by Crippen LogP contribution is 2.33.